The summed E-state index contributed by atoms with van der Waals surface area (Å²) in [5.41, 5.74) is 0.386. The third-order valence-electron chi connectivity index (χ3n) is 4.94. The lowest BCUT2D eigenvalue weighted by molar-refractivity contribution is -0.122. The molecule has 4 rings (SSSR count). The van der Waals surface area contributed by atoms with Crippen LogP contribution in [0.5, 0.6) is 0 Å². The number of piperidine rings is 1. The molecule has 1 fully saturated rings. The fourth-order valence-corrected chi connectivity index (χ4v) is 3.43. The second kappa shape index (κ2) is 8.39. The SMILES string of the molecule is CCOC(=O)N1CCC(NC(=O)Cn2ncn3nc(-c4ccco4)cc3c2=O)CC1. The van der Waals surface area contributed by atoms with E-state index in [1.165, 1.54) is 17.1 Å². The topological polar surface area (TPSA) is 124 Å². The van der Waals surface area contributed by atoms with Crippen molar-refractivity contribution < 1.29 is 18.7 Å². The largest absolute Gasteiger partial charge is 0.463 e. The number of carbonyl (C=O) groups is 2. The molecule has 0 atom stereocenters. The Morgan fingerprint density at radius 3 is 2.83 bits per heavy atom. The maximum Gasteiger partial charge on any atom is 0.409 e. The van der Waals surface area contributed by atoms with Crippen LogP contribution in [0, 0.1) is 0 Å². The highest BCUT2D eigenvalue weighted by Crippen LogP contribution is 2.18. The normalized spacial score (nSPS) is 14.8. The molecule has 3 aromatic rings. The van der Waals surface area contributed by atoms with E-state index in [0.29, 0.717) is 49.5 Å². The molecule has 0 saturated carbocycles. The molecule has 0 radical (unpaired) electrons. The Bertz CT molecular complexity index is 1090. The lowest BCUT2D eigenvalue weighted by Crippen LogP contribution is -2.47. The first-order chi connectivity index (χ1) is 14.5. The Morgan fingerprint density at radius 1 is 1.33 bits per heavy atom. The van der Waals surface area contributed by atoms with E-state index in [-0.39, 0.29) is 24.6 Å². The highest BCUT2D eigenvalue weighted by atomic mass is 16.6. The van der Waals surface area contributed by atoms with E-state index >= 15 is 0 Å². The highest BCUT2D eigenvalue weighted by molar-refractivity contribution is 5.76. The summed E-state index contributed by atoms with van der Waals surface area (Å²) in [6, 6.07) is 5.01. The smallest absolute Gasteiger partial charge is 0.409 e. The maximum atomic E-state index is 12.7. The summed E-state index contributed by atoms with van der Waals surface area (Å²) >= 11 is 0. The van der Waals surface area contributed by atoms with Crippen molar-refractivity contribution in [3.05, 3.63) is 41.1 Å². The summed E-state index contributed by atoms with van der Waals surface area (Å²) in [7, 11) is 0. The van der Waals surface area contributed by atoms with Crippen LogP contribution in [-0.2, 0) is 16.1 Å². The molecule has 2 amide bonds. The molecule has 11 heteroatoms. The minimum Gasteiger partial charge on any atom is -0.463 e. The zero-order valence-electron chi connectivity index (χ0n) is 16.5. The molecule has 0 bridgehead atoms. The fraction of sp³-hybridized carbons (Fsp3) is 0.421. The average Bonchev–Trinajstić information content (AvgIpc) is 3.41. The Kier molecular flexibility index (Phi) is 5.50. The van der Waals surface area contributed by atoms with Gasteiger partial charge in [0.15, 0.2) is 5.76 Å². The number of likely N-dealkylation sites (tertiary alicyclic amines) is 1. The molecule has 3 aromatic heterocycles. The molecule has 158 valence electrons. The van der Waals surface area contributed by atoms with Crippen LogP contribution < -0.4 is 10.9 Å². The molecule has 1 aliphatic rings. The van der Waals surface area contributed by atoms with E-state index in [2.05, 4.69) is 15.5 Å². The summed E-state index contributed by atoms with van der Waals surface area (Å²) in [4.78, 5) is 38.5. The molecular weight excluding hydrogens is 392 g/mol. The van der Waals surface area contributed by atoms with Crippen LogP contribution in [-0.4, -0.2) is 62.0 Å². The van der Waals surface area contributed by atoms with Gasteiger partial charge in [-0.15, -0.1) is 0 Å². The first-order valence-corrected chi connectivity index (χ1v) is 9.75. The van der Waals surface area contributed by atoms with Crippen LogP contribution in [0.25, 0.3) is 17.0 Å². The minimum atomic E-state index is -0.421. The van der Waals surface area contributed by atoms with Crippen molar-refractivity contribution in [2.75, 3.05) is 19.7 Å². The van der Waals surface area contributed by atoms with Crippen molar-refractivity contribution in [3.8, 4) is 11.5 Å². The average molecular weight is 414 g/mol. The van der Waals surface area contributed by atoms with E-state index in [0.717, 1.165) is 4.68 Å². The van der Waals surface area contributed by atoms with Gasteiger partial charge in [-0.3, -0.25) is 9.59 Å². The van der Waals surface area contributed by atoms with Crippen LogP contribution in [0.2, 0.25) is 0 Å². The summed E-state index contributed by atoms with van der Waals surface area (Å²) in [6.45, 7) is 2.93. The quantitative estimate of drug-likeness (QED) is 0.657. The number of aromatic nitrogens is 4. The molecule has 30 heavy (non-hydrogen) atoms. The van der Waals surface area contributed by atoms with Crippen LogP contribution >= 0.6 is 0 Å². The van der Waals surface area contributed by atoms with Crippen molar-refractivity contribution in [1.29, 1.82) is 0 Å². The summed E-state index contributed by atoms with van der Waals surface area (Å²) in [6.07, 6.45) is 3.83. The number of nitrogens with zero attached hydrogens (tertiary/aromatic N) is 5. The van der Waals surface area contributed by atoms with E-state index in [4.69, 9.17) is 9.15 Å². The molecule has 0 spiro atoms. The predicted octanol–water partition coefficient (Wildman–Crippen LogP) is 0.888. The molecule has 0 unspecified atom stereocenters. The predicted molar refractivity (Wildman–Crippen MR) is 105 cm³/mol. The summed E-state index contributed by atoms with van der Waals surface area (Å²) < 4.78 is 12.8. The Balaban J connectivity index is 1.38. The molecule has 11 nitrogen and oxygen atoms in total. The third kappa shape index (κ3) is 4.04. The van der Waals surface area contributed by atoms with Gasteiger partial charge in [0, 0.05) is 25.2 Å². The number of nitrogens with one attached hydrogen (secondary N) is 1. The summed E-state index contributed by atoms with van der Waals surface area (Å²) in [5, 5.41) is 11.2. The number of rotatable bonds is 5. The van der Waals surface area contributed by atoms with E-state index in [1.54, 1.807) is 30.0 Å². The maximum absolute atomic E-state index is 12.7. The number of hydrogen-bond acceptors (Lipinski definition) is 7. The number of hydrogen-bond donors (Lipinski definition) is 1. The molecule has 0 aromatic carbocycles. The third-order valence-corrected chi connectivity index (χ3v) is 4.94. The summed E-state index contributed by atoms with van der Waals surface area (Å²) in [5.74, 6) is 0.228. The zero-order chi connectivity index (χ0) is 21.1. The first kappa shape index (κ1) is 19.7. The van der Waals surface area contributed by atoms with Gasteiger partial charge in [0.2, 0.25) is 5.91 Å². The van der Waals surface area contributed by atoms with Crippen molar-refractivity contribution in [1.82, 2.24) is 29.6 Å². The van der Waals surface area contributed by atoms with Crippen LogP contribution in [0.15, 0.2) is 40.0 Å². The Hall–Kier alpha value is -3.63. The minimum absolute atomic E-state index is 0.0665. The highest BCUT2D eigenvalue weighted by Gasteiger charge is 2.24. The Morgan fingerprint density at radius 2 is 2.13 bits per heavy atom. The van der Waals surface area contributed by atoms with Gasteiger partial charge < -0.3 is 19.4 Å². The molecule has 4 heterocycles. The lowest BCUT2D eigenvalue weighted by Gasteiger charge is -2.31. The second-order valence-electron chi connectivity index (χ2n) is 6.96. The van der Waals surface area contributed by atoms with Crippen molar-refractivity contribution in [2.45, 2.75) is 32.4 Å². The van der Waals surface area contributed by atoms with Gasteiger partial charge in [0.1, 0.15) is 24.1 Å². The Labute approximate surface area is 171 Å². The standard InChI is InChI=1S/C19H22N6O5/c1-2-29-19(28)23-7-5-13(6-8-23)21-17(26)11-24-18(27)15-10-14(16-4-3-9-30-16)22-25(15)12-20-24/h3-4,9-10,12-13H,2,5-8,11H2,1H3,(H,21,26). The molecule has 0 aliphatic carbocycles. The molecule has 1 N–H and O–H groups in total. The van der Waals surface area contributed by atoms with E-state index < -0.39 is 5.56 Å². The molecular formula is C19H22N6O5. The molecule has 1 saturated heterocycles. The van der Waals surface area contributed by atoms with Crippen molar-refractivity contribution >= 4 is 17.5 Å². The lowest BCUT2D eigenvalue weighted by atomic mass is 10.1. The van der Waals surface area contributed by atoms with Gasteiger partial charge in [0.25, 0.3) is 5.56 Å². The number of fused-ring (bicyclic) bond motifs is 1. The van der Waals surface area contributed by atoms with Gasteiger partial charge in [-0.25, -0.2) is 14.0 Å². The monoisotopic (exact) mass is 414 g/mol. The number of amides is 2. The molecule has 1 aliphatic heterocycles. The van der Waals surface area contributed by atoms with Crippen LogP contribution in [0.3, 0.4) is 0 Å². The van der Waals surface area contributed by atoms with Crippen molar-refractivity contribution in [2.24, 2.45) is 0 Å². The number of furan rings is 1. The van der Waals surface area contributed by atoms with Gasteiger partial charge in [0.05, 0.1) is 12.9 Å². The second-order valence-corrected chi connectivity index (χ2v) is 6.96. The van der Waals surface area contributed by atoms with Crippen molar-refractivity contribution in [3.63, 3.8) is 0 Å². The zero-order valence-corrected chi connectivity index (χ0v) is 16.5. The van der Waals surface area contributed by atoms with Crippen LogP contribution in [0.1, 0.15) is 19.8 Å². The van der Waals surface area contributed by atoms with Gasteiger partial charge in [-0.2, -0.15) is 10.2 Å². The van der Waals surface area contributed by atoms with E-state index in [9.17, 15) is 14.4 Å². The van der Waals surface area contributed by atoms with E-state index in [1.807, 2.05) is 0 Å². The van der Waals surface area contributed by atoms with Gasteiger partial charge in [-0.1, -0.05) is 0 Å². The van der Waals surface area contributed by atoms with Gasteiger partial charge >= 0.3 is 6.09 Å². The number of ether oxygens (including phenoxy) is 1. The first-order valence-electron chi connectivity index (χ1n) is 9.75. The number of carbonyl (C=O) groups excluding carboxylic acids is 2. The fourth-order valence-electron chi connectivity index (χ4n) is 3.43. The van der Waals surface area contributed by atoms with Crippen LogP contribution in [0.4, 0.5) is 4.79 Å². The van der Waals surface area contributed by atoms with Gasteiger partial charge in [-0.05, 0) is 31.9 Å².